The monoisotopic (exact) mass is 283 g/mol. The van der Waals surface area contributed by atoms with Crippen molar-refractivity contribution < 1.29 is 5.11 Å². The van der Waals surface area contributed by atoms with E-state index < -0.39 is 0 Å². The number of hydrogen-bond acceptors (Lipinski definition) is 2. The molecule has 1 fully saturated rings. The lowest BCUT2D eigenvalue weighted by atomic mass is 9.75. The van der Waals surface area contributed by atoms with Gasteiger partial charge in [0.05, 0.1) is 6.10 Å². The van der Waals surface area contributed by atoms with E-state index in [1.54, 1.807) is 0 Å². The summed E-state index contributed by atoms with van der Waals surface area (Å²) in [5, 5.41) is 9.55. The molecule has 3 heteroatoms. The summed E-state index contributed by atoms with van der Waals surface area (Å²) in [6.45, 7) is 2.10. The molecule has 2 rings (SSSR count). The number of aliphatic hydroxyl groups excluding tert-OH is 1. The zero-order chi connectivity index (χ0) is 11.8. The van der Waals surface area contributed by atoms with Crippen molar-refractivity contribution in [3.8, 4) is 0 Å². The van der Waals surface area contributed by atoms with E-state index in [0.29, 0.717) is 0 Å². The summed E-state index contributed by atoms with van der Waals surface area (Å²) in [7, 11) is 0. The van der Waals surface area contributed by atoms with Gasteiger partial charge in [-0.1, -0.05) is 28.1 Å². The first kappa shape index (κ1) is 12.1. The van der Waals surface area contributed by atoms with Crippen molar-refractivity contribution in [2.75, 3.05) is 0 Å². The zero-order valence-corrected chi connectivity index (χ0v) is 11.1. The third-order valence-corrected chi connectivity index (χ3v) is 4.51. The highest BCUT2D eigenvalue weighted by Crippen LogP contribution is 2.37. The normalized spacial score (nSPS) is 30.4. The Hall–Kier alpha value is -0.380. The molecule has 0 saturated heterocycles. The first-order valence-corrected chi connectivity index (χ1v) is 6.55. The van der Waals surface area contributed by atoms with E-state index in [-0.39, 0.29) is 11.6 Å². The zero-order valence-electron chi connectivity index (χ0n) is 9.54. The smallest absolute Gasteiger partial charge is 0.0541 e. The van der Waals surface area contributed by atoms with Gasteiger partial charge in [0.15, 0.2) is 0 Å². The Morgan fingerprint density at radius 2 is 2.00 bits per heavy atom. The Morgan fingerprint density at radius 3 is 2.62 bits per heavy atom. The van der Waals surface area contributed by atoms with Gasteiger partial charge in [0.25, 0.3) is 0 Å². The van der Waals surface area contributed by atoms with Crippen LogP contribution in [0.25, 0.3) is 0 Å². The third-order valence-electron chi connectivity index (χ3n) is 3.65. The molecule has 1 saturated carbocycles. The molecule has 0 aliphatic heterocycles. The second-order valence-corrected chi connectivity index (χ2v) is 5.65. The molecule has 16 heavy (non-hydrogen) atoms. The van der Waals surface area contributed by atoms with Crippen molar-refractivity contribution in [1.82, 2.24) is 0 Å². The lowest BCUT2D eigenvalue weighted by Crippen LogP contribution is -2.42. The second kappa shape index (κ2) is 4.47. The van der Waals surface area contributed by atoms with E-state index in [1.807, 2.05) is 12.1 Å². The second-order valence-electron chi connectivity index (χ2n) is 4.80. The van der Waals surface area contributed by atoms with Gasteiger partial charge in [0, 0.05) is 10.0 Å². The van der Waals surface area contributed by atoms with Crippen LogP contribution in [0.15, 0.2) is 22.7 Å². The largest absolute Gasteiger partial charge is 0.393 e. The fourth-order valence-corrected chi connectivity index (χ4v) is 2.90. The molecule has 0 radical (unpaired) electrons. The van der Waals surface area contributed by atoms with Gasteiger partial charge in [0.2, 0.25) is 0 Å². The van der Waals surface area contributed by atoms with Crippen molar-refractivity contribution in [1.29, 1.82) is 0 Å². The fourth-order valence-electron chi connectivity index (χ4n) is 2.53. The van der Waals surface area contributed by atoms with Crippen LogP contribution in [0.4, 0.5) is 0 Å². The van der Waals surface area contributed by atoms with Gasteiger partial charge in [-0.3, -0.25) is 0 Å². The molecule has 0 aromatic heterocycles. The maximum absolute atomic E-state index is 9.55. The molecule has 0 unspecified atom stereocenters. The van der Waals surface area contributed by atoms with Crippen LogP contribution in [0.2, 0.25) is 0 Å². The van der Waals surface area contributed by atoms with Gasteiger partial charge in [-0.15, -0.1) is 0 Å². The lowest BCUT2D eigenvalue weighted by Gasteiger charge is -2.37. The molecule has 1 aliphatic carbocycles. The lowest BCUT2D eigenvalue weighted by molar-refractivity contribution is 0.0967. The number of benzene rings is 1. The van der Waals surface area contributed by atoms with Gasteiger partial charge in [-0.25, -0.2) is 0 Å². The van der Waals surface area contributed by atoms with E-state index in [2.05, 4.69) is 28.9 Å². The minimum atomic E-state index is -0.257. The molecular formula is C13H18BrNO. The third kappa shape index (κ3) is 2.17. The predicted octanol–water partition coefficient (Wildman–Crippen LogP) is 2.85. The predicted molar refractivity (Wildman–Crippen MR) is 69.2 cm³/mol. The van der Waals surface area contributed by atoms with Crippen LogP contribution >= 0.6 is 15.9 Å². The number of aliphatic hydroxyl groups is 1. The molecule has 0 atom stereocenters. The summed E-state index contributed by atoms with van der Waals surface area (Å²) >= 11 is 3.54. The average Bonchev–Trinajstić information content (AvgIpc) is 2.27. The number of rotatable bonds is 1. The highest BCUT2D eigenvalue weighted by Gasteiger charge is 2.33. The van der Waals surface area contributed by atoms with Crippen LogP contribution in [-0.4, -0.2) is 11.2 Å². The molecule has 0 spiro atoms. The van der Waals surface area contributed by atoms with E-state index in [9.17, 15) is 5.11 Å². The maximum Gasteiger partial charge on any atom is 0.0541 e. The standard InChI is InChI=1S/C13H18BrNO/c1-9-11(3-2-4-12(9)14)13(15)7-5-10(16)6-8-13/h2-4,10,16H,5-8,15H2,1H3. The molecule has 0 bridgehead atoms. The summed E-state index contributed by atoms with van der Waals surface area (Å²) in [5.74, 6) is 0. The van der Waals surface area contributed by atoms with E-state index in [0.717, 1.165) is 30.2 Å². The average molecular weight is 284 g/mol. The molecule has 1 aromatic rings. The quantitative estimate of drug-likeness (QED) is 0.833. The summed E-state index contributed by atoms with van der Waals surface area (Å²) in [4.78, 5) is 0. The topological polar surface area (TPSA) is 46.2 Å². The first-order chi connectivity index (χ1) is 7.53. The molecule has 88 valence electrons. The minimum absolute atomic E-state index is 0.163. The van der Waals surface area contributed by atoms with Crippen molar-refractivity contribution >= 4 is 15.9 Å². The van der Waals surface area contributed by atoms with Gasteiger partial charge < -0.3 is 10.8 Å². The van der Waals surface area contributed by atoms with Gasteiger partial charge >= 0.3 is 0 Å². The SMILES string of the molecule is Cc1c(Br)cccc1C1(N)CCC(O)CC1. The van der Waals surface area contributed by atoms with E-state index >= 15 is 0 Å². The highest BCUT2D eigenvalue weighted by atomic mass is 79.9. The van der Waals surface area contributed by atoms with Crippen molar-refractivity contribution in [2.24, 2.45) is 5.73 Å². The number of nitrogens with two attached hydrogens (primary N) is 1. The summed E-state index contributed by atoms with van der Waals surface area (Å²) < 4.78 is 1.11. The molecule has 2 nitrogen and oxygen atoms in total. The van der Waals surface area contributed by atoms with Crippen LogP contribution in [0.5, 0.6) is 0 Å². The Bertz CT molecular complexity index is 384. The fraction of sp³-hybridized carbons (Fsp3) is 0.538. The Morgan fingerprint density at radius 1 is 1.38 bits per heavy atom. The van der Waals surface area contributed by atoms with E-state index in [1.165, 1.54) is 11.1 Å². The van der Waals surface area contributed by atoms with Crippen LogP contribution in [-0.2, 0) is 5.54 Å². The maximum atomic E-state index is 9.55. The van der Waals surface area contributed by atoms with Crippen molar-refractivity contribution in [3.63, 3.8) is 0 Å². The molecular weight excluding hydrogens is 266 g/mol. The highest BCUT2D eigenvalue weighted by molar-refractivity contribution is 9.10. The molecule has 1 aromatic carbocycles. The van der Waals surface area contributed by atoms with Crippen LogP contribution < -0.4 is 5.73 Å². The Kier molecular flexibility index (Phi) is 3.38. The number of hydrogen-bond donors (Lipinski definition) is 2. The Balaban J connectivity index is 2.32. The minimum Gasteiger partial charge on any atom is -0.393 e. The van der Waals surface area contributed by atoms with E-state index in [4.69, 9.17) is 5.73 Å². The Labute approximate surface area is 105 Å². The first-order valence-electron chi connectivity index (χ1n) is 5.75. The van der Waals surface area contributed by atoms with Gasteiger partial charge in [-0.2, -0.15) is 0 Å². The van der Waals surface area contributed by atoms with Crippen molar-refractivity contribution in [2.45, 2.75) is 44.2 Å². The molecule has 1 aliphatic rings. The summed E-state index contributed by atoms with van der Waals surface area (Å²) in [5.41, 5.74) is 8.66. The van der Waals surface area contributed by atoms with Gasteiger partial charge in [-0.05, 0) is 49.8 Å². The van der Waals surface area contributed by atoms with Crippen LogP contribution in [0.3, 0.4) is 0 Å². The summed E-state index contributed by atoms with van der Waals surface area (Å²) in [6, 6.07) is 6.18. The van der Waals surface area contributed by atoms with Crippen molar-refractivity contribution in [3.05, 3.63) is 33.8 Å². The van der Waals surface area contributed by atoms with Gasteiger partial charge in [0.1, 0.15) is 0 Å². The number of halogens is 1. The summed E-state index contributed by atoms with van der Waals surface area (Å²) in [6.07, 6.45) is 3.19. The van der Waals surface area contributed by atoms with Crippen LogP contribution in [0, 0.1) is 6.92 Å². The van der Waals surface area contributed by atoms with Crippen LogP contribution in [0.1, 0.15) is 36.8 Å². The molecule has 0 amide bonds. The molecule has 3 N–H and O–H groups in total. The molecule has 0 heterocycles.